The third kappa shape index (κ3) is 5.76. The Morgan fingerprint density at radius 1 is 1.15 bits per heavy atom. The van der Waals surface area contributed by atoms with Gasteiger partial charge < -0.3 is 10.1 Å². The molecule has 3 nitrogen and oxygen atoms in total. The quantitative estimate of drug-likeness (QED) is 0.471. The van der Waals surface area contributed by atoms with Crippen molar-refractivity contribution in [2.45, 2.75) is 46.5 Å². The van der Waals surface area contributed by atoms with Gasteiger partial charge in [-0.1, -0.05) is 57.5 Å². The van der Waals surface area contributed by atoms with Crippen molar-refractivity contribution in [1.29, 1.82) is 0 Å². The molecule has 2 rings (SSSR count). The van der Waals surface area contributed by atoms with Crippen LogP contribution in [0.1, 0.15) is 56.2 Å². The fraction of sp³-hybridized carbons (Fsp3) is 0.348. The third-order valence-electron chi connectivity index (χ3n) is 4.25. The molecule has 3 heteroatoms. The maximum atomic E-state index is 12.3. The highest BCUT2D eigenvalue weighted by atomic mass is 16.5. The minimum atomic E-state index is -0.121. The molecule has 0 aliphatic carbocycles. The number of para-hydroxylation sites is 1. The van der Waals surface area contributed by atoms with Gasteiger partial charge in [0.1, 0.15) is 5.75 Å². The SMILES string of the molecule is CCCCOc1ccc(/C=C/C(=O)Nc2c(C)cccc2C(C)C)cc1. The zero-order chi connectivity index (χ0) is 18.9. The van der Waals surface area contributed by atoms with Gasteiger partial charge in [-0.2, -0.15) is 0 Å². The van der Waals surface area contributed by atoms with Gasteiger partial charge in [-0.25, -0.2) is 0 Å². The lowest BCUT2D eigenvalue weighted by Gasteiger charge is -2.15. The smallest absolute Gasteiger partial charge is 0.248 e. The lowest BCUT2D eigenvalue weighted by atomic mass is 9.98. The highest BCUT2D eigenvalue weighted by molar-refractivity contribution is 6.02. The molecule has 0 aromatic heterocycles. The van der Waals surface area contributed by atoms with Crippen LogP contribution in [0.3, 0.4) is 0 Å². The van der Waals surface area contributed by atoms with Crippen molar-refractivity contribution in [2.24, 2.45) is 0 Å². The summed E-state index contributed by atoms with van der Waals surface area (Å²) >= 11 is 0. The van der Waals surface area contributed by atoms with Crippen molar-refractivity contribution >= 4 is 17.7 Å². The van der Waals surface area contributed by atoms with Crippen molar-refractivity contribution in [3.63, 3.8) is 0 Å². The molecule has 0 saturated carbocycles. The molecule has 1 amide bonds. The van der Waals surface area contributed by atoms with E-state index >= 15 is 0 Å². The van der Waals surface area contributed by atoms with Crippen LogP contribution in [0.5, 0.6) is 5.75 Å². The molecule has 0 unspecified atom stereocenters. The van der Waals surface area contributed by atoms with Crippen LogP contribution in [-0.4, -0.2) is 12.5 Å². The minimum absolute atomic E-state index is 0.121. The number of hydrogen-bond acceptors (Lipinski definition) is 2. The normalized spacial score (nSPS) is 11.1. The predicted octanol–water partition coefficient (Wildman–Crippen LogP) is 5.95. The molecule has 0 heterocycles. The number of carbonyl (C=O) groups is 1. The summed E-state index contributed by atoms with van der Waals surface area (Å²) in [6.07, 6.45) is 5.57. The fourth-order valence-electron chi connectivity index (χ4n) is 2.69. The van der Waals surface area contributed by atoms with Crippen molar-refractivity contribution in [2.75, 3.05) is 11.9 Å². The summed E-state index contributed by atoms with van der Waals surface area (Å²) in [4.78, 5) is 12.3. The van der Waals surface area contributed by atoms with Gasteiger partial charge in [0.15, 0.2) is 0 Å². The van der Waals surface area contributed by atoms with E-state index < -0.39 is 0 Å². The summed E-state index contributed by atoms with van der Waals surface area (Å²) in [5.41, 5.74) is 4.11. The Bertz CT molecular complexity index is 745. The number of aryl methyl sites for hydroxylation is 1. The molecule has 0 radical (unpaired) electrons. The second kappa shape index (κ2) is 9.81. The van der Waals surface area contributed by atoms with Crippen LogP contribution >= 0.6 is 0 Å². The summed E-state index contributed by atoms with van der Waals surface area (Å²) < 4.78 is 5.65. The molecule has 0 bridgehead atoms. The molecule has 2 aromatic carbocycles. The van der Waals surface area contributed by atoms with Gasteiger partial charge in [0.25, 0.3) is 0 Å². The van der Waals surface area contributed by atoms with E-state index in [1.54, 1.807) is 6.08 Å². The van der Waals surface area contributed by atoms with E-state index in [0.717, 1.165) is 47.6 Å². The van der Waals surface area contributed by atoms with Crippen LogP contribution in [0, 0.1) is 6.92 Å². The number of anilines is 1. The van der Waals surface area contributed by atoms with Crippen LogP contribution in [0.4, 0.5) is 5.69 Å². The Kier molecular flexibility index (Phi) is 7.46. The Hall–Kier alpha value is -2.55. The first kappa shape index (κ1) is 19.8. The van der Waals surface area contributed by atoms with Crippen LogP contribution in [-0.2, 0) is 4.79 Å². The summed E-state index contributed by atoms with van der Waals surface area (Å²) in [5.74, 6) is 1.10. The number of amides is 1. The van der Waals surface area contributed by atoms with E-state index in [-0.39, 0.29) is 5.91 Å². The molecule has 26 heavy (non-hydrogen) atoms. The van der Waals surface area contributed by atoms with Crippen LogP contribution in [0.25, 0.3) is 6.08 Å². The lowest BCUT2D eigenvalue weighted by Crippen LogP contribution is -2.11. The molecule has 0 fully saturated rings. The molecule has 138 valence electrons. The fourth-order valence-corrected chi connectivity index (χ4v) is 2.69. The molecule has 0 atom stereocenters. The molecule has 0 spiro atoms. The zero-order valence-electron chi connectivity index (χ0n) is 16.2. The van der Waals surface area contributed by atoms with E-state index in [1.165, 1.54) is 0 Å². The average Bonchev–Trinajstić information content (AvgIpc) is 2.63. The van der Waals surface area contributed by atoms with Crippen LogP contribution in [0.15, 0.2) is 48.5 Å². The molecule has 0 aliphatic rings. The molecule has 2 aromatic rings. The molecule has 0 aliphatic heterocycles. The van der Waals surface area contributed by atoms with Gasteiger partial charge in [0.05, 0.1) is 6.61 Å². The predicted molar refractivity (Wildman–Crippen MR) is 110 cm³/mol. The van der Waals surface area contributed by atoms with E-state index in [4.69, 9.17) is 4.74 Å². The van der Waals surface area contributed by atoms with Gasteiger partial charge >= 0.3 is 0 Å². The van der Waals surface area contributed by atoms with Gasteiger partial charge in [-0.05, 0) is 54.2 Å². The van der Waals surface area contributed by atoms with E-state index in [1.807, 2.05) is 49.4 Å². The first-order chi connectivity index (χ1) is 12.5. The zero-order valence-corrected chi connectivity index (χ0v) is 16.2. The summed E-state index contributed by atoms with van der Waals surface area (Å²) in [7, 11) is 0. The van der Waals surface area contributed by atoms with Crippen LogP contribution < -0.4 is 10.1 Å². The largest absolute Gasteiger partial charge is 0.494 e. The molecular weight excluding hydrogens is 322 g/mol. The van der Waals surface area contributed by atoms with E-state index in [0.29, 0.717) is 5.92 Å². The van der Waals surface area contributed by atoms with Crippen molar-refractivity contribution in [1.82, 2.24) is 0 Å². The number of hydrogen-bond donors (Lipinski definition) is 1. The van der Waals surface area contributed by atoms with Gasteiger partial charge in [0, 0.05) is 11.8 Å². The van der Waals surface area contributed by atoms with Crippen molar-refractivity contribution in [3.8, 4) is 5.75 Å². The Morgan fingerprint density at radius 3 is 2.54 bits per heavy atom. The first-order valence-electron chi connectivity index (χ1n) is 9.32. The maximum Gasteiger partial charge on any atom is 0.248 e. The highest BCUT2D eigenvalue weighted by Crippen LogP contribution is 2.27. The first-order valence-corrected chi connectivity index (χ1v) is 9.32. The number of ether oxygens (including phenoxy) is 1. The number of nitrogens with one attached hydrogen (secondary N) is 1. The van der Waals surface area contributed by atoms with Crippen molar-refractivity contribution < 1.29 is 9.53 Å². The maximum absolute atomic E-state index is 12.3. The second-order valence-electron chi connectivity index (χ2n) is 6.79. The summed E-state index contributed by atoms with van der Waals surface area (Å²) in [6.45, 7) is 9.16. The molecular formula is C23H29NO2. The minimum Gasteiger partial charge on any atom is -0.494 e. The van der Waals surface area contributed by atoms with Gasteiger partial charge in [-0.15, -0.1) is 0 Å². The third-order valence-corrected chi connectivity index (χ3v) is 4.25. The Labute approximate surface area is 157 Å². The number of unbranched alkanes of at least 4 members (excludes halogenated alkanes) is 1. The number of carbonyl (C=O) groups excluding carboxylic acids is 1. The van der Waals surface area contributed by atoms with Crippen LogP contribution in [0.2, 0.25) is 0 Å². The Balaban J connectivity index is 2.00. The lowest BCUT2D eigenvalue weighted by molar-refractivity contribution is -0.111. The second-order valence-corrected chi connectivity index (χ2v) is 6.79. The standard InChI is InChI=1S/C23H29NO2/c1-5-6-16-26-20-13-10-19(11-14-20)12-15-22(25)24-23-18(4)8-7-9-21(23)17(2)3/h7-15,17H,5-6,16H2,1-4H3,(H,24,25)/b15-12+. The average molecular weight is 351 g/mol. The van der Waals surface area contributed by atoms with Gasteiger partial charge in [0.2, 0.25) is 5.91 Å². The monoisotopic (exact) mass is 351 g/mol. The summed E-state index contributed by atoms with van der Waals surface area (Å²) in [6, 6.07) is 13.9. The number of benzene rings is 2. The van der Waals surface area contributed by atoms with E-state index in [9.17, 15) is 4.79 Å². The number of rotatable bonds is 8. The summed E-state index contributed by atoms with van der Waals surface area (Å²) in [5, 5.41) is 3.03. The highest BCUT2D eigenvalue weighted by Gasteiger charge is 2.10. The van der Waals surface area contributed by atoms with Crippen molar-refractivity contribution in [3.05, 3.63) is 65.2 Å². The topological polar surface area (TPSA) is 38.3 Å². The molecule has 0 saturated heterocycles. The Morgan fingerprint density at radius 2 is 1.88 bits per heavy atom. The van der Waals surface area contributed by atoms with Gasteiger partial charge in [-0.3, -0.25) is 4.79 Å². The van der Waals surface area contributed by atoms with E-state index in [2.05, 4.69) is 32.2 Å². The molecule has 1 N–H and O–H groups in total.